The lowest BCUT2D eigenvalue weighted by molar-refractivity contribution is 0.589. The molecule has 3 heterocycles. The molecule has 27 heavy (non-hydrogen) atoms. The molecule has 0 atom stereocenters. The maximum atomic E-state index is 6.34. The Kier molecular flexibility index (Phi) is 5.24. The van der Waals surface area contributed by atoms with Crippen molar-refractivity contribution in [1.29, 1.82) is 0 Å². The van der Waals surface area contributed by atoms with Crippen LogP contribution in [0.5, 0.6) is 0 Å². The molecule has 8 heteroatoms. The third-order valence-electron chi connectivity index (χ3n) is 4.47. The highest BCUT2D eigenvalue weighted by molar-refractivity contribution is 7.15. The second-order valence-electron chi connectivity index (χ2n) is 6.45. The van der Waals surface area contributed by atoms with E-state index in [0.717, 1.165) is 53.1 Å². The highest BCUT2D eigenvalue weighted by atomic mass is 35.5. The summed E-state index contributed by atoms with van der Waals surface area (Å²) in [6.07, 6.45) is 1.63. The first-order valence-electron chi connectivity index (χ1n) is 8.90. The molecule has 0 spiro atoms. The highest BCUT2D eigenvalue weighted by Crippen LogP contribution is 2.33. The van der Waals surface area contributed by atoms with Crippen LogP contribution in [0, 0.1) is 13.8 Å². The average Bonchev–Trinajstić information content (AvgIpc) is 3.02. The Labute approximate surface area is 167 Å². The van der Waals surface area contributed by atoms with Crippen LogP contribution in [0.25, 0.3) is 10.6 Å². The third kappa shape index (κ3) is 4.05. The molecular formula is C19H21ClN6S. The summed E-state index contributed by atoms with van der Waals surface area (Å²) in [4.78, 5) is 16.8. The molecule has 0 unspecified atom stereocenters. The van der Waals surface area contributed by atoms with E-state index in [0.29, 0.717) is 11.0 Å². The van der Waals surface area contributed by atoms with Gasteiger partial charge in [-0.25, -0.2) is 15.0 Å². The van der Waals surface area contributed by atoms with Crippen LogP contribution >= 0.6 is 22.9 Å². The molecule has 2 N–H and O–H groups in total. The number of hydrogen-bond acceptors (Lipinski definition) is 7. The number of thiazole rings is 1. The lowest BCUT2D eigenvalue weighted by atomic mass is 10.2. The number of hydrogen-bond donors (Lipinski definition) is 2. The summed E-state index contributed by atoms with van der Waals surface area (Å²) in [5.41, 5.74) is 3.83. The van der Waals surface area contributed by atoms with Gasteiger partial charge in [0.2, 0.25) is 5.95 Å². The van der Waals surface area contributed by atoms with Gasteiger partial charge < -0.3 is 15.5 Å². The zero-order valence-electron chi connectivity index (χ0n) is 15.3. The van der Waals surface area contributed by atoms with Gasteiger partial charge in [0.25, 0.3) is 0 Å². The van der Waals surface area contributed by atoms with Crippen LogP contribution < -0.4 is 15.5 Å². The number of benzene rings is 1. The van der Waals surface area contributed by atoms with Gasteiger partial charge in [0.05, 0.1) is 26.8 Å². The summed E-state index contributed by atoms with van der Waals surface area (Å²) < 4.78 is 0. The molecule has 0 bridgehead atoms. The molecule has 140 valence electrons. The van der Waals surface area contributed by atoms with Crippen molar-refractivity contribution in [3.8, 4) is 10.6 Å². The van der Waals surface area contributed by atoms with Gasteiger partial charge in [0.1, 0.15) is 5.69 Å². The van der Waals surface area contributed by atoms with Gasteiger partial charge in [0.15, 0.2) is 0 Å². The zero-order valence-corrected chi connectivity index (χ0v) is 16.9. The quantitative estimate of drug-likeness (QED) is 0.689. The summed E-state index contributed by atoms with van der Waals surface area (Å²) in [7, 11) is 0. The molecule has 1 fully saturated rings. The van der Waals surface area contributed by atoms with Crippen LogP contribution in [0.2, 0.25) is 5.02 Å². The van der Waals surface area contributed by atoms with E-state index in [1.54, 1.807) is 17.5 Å². The first kappa shape index (κ1) is 18.2. The van der Waals surface area contributed by atoms with Gasteiger partial charge >= 0.3 is 0 Å². The van der Waals surface area contributed by atoms with Crippen LogP contribution in [0.1, 0.15) is 10.7 Å². The molecule has 0 saturated carbocycles. The van der Waals surface area contributed by atoms with Crippen LogP contribution in [0.15, 0.2) is 30.5 Å². The number of aryl methyl sites for hydroxylation is 2. The molecule has 6 nitrogen and oxygen atoms in total. The van der Waals surface area contributed by atoms with E-state index >= 15 is 0 Å². The van der Waals surface area contributed by atoms with Gasteiger partial charge in [-0.15, -0.1) is 11.3 Å². The smallest absolute Gasteiger partial charge is 0.227 e. The zero-order chi connectivity index (χ0) is 18.8. The number of aromatic nitrogens is 3. The van der Waals surface area contributed by atoms with E-state index in [4.69, 9.17) is 11.6 Å². The van der Waals surface area contributed by atoms with Crippen molar-refractivity contribution < 1.29 is 0 Å². The first-order valence-corrected chi connectivity index (χ1v) is 10.1. The number of anilines is 3. The minimum atomic E-state index is 0.523. The van der Waals surface area contributed by atoms with Crippen LogP contribution in [0.3, 0.4) is 0 Å². The lowest BCUT2D eigenvalue weighted by Gasteiger charge is -2.29. The monoisotopic (exact) mass is 400 g/mol. The molecule has 0 radical (unpaired) electrons. The molecule has 4 rings (SSSR count). The second-order valence-corrected chi connectivity index (χ2v) is 8.06. The van der Waals surface area contributed by atoms with E-state index in [-0.39, 0.29) is 0 Å². The molecule has 0 amide bonds. The van der Waals surface area contributed by atoms with Crippen molar-refractivity contribution >= 4 is 40.3 Å². The SMILES string of the molecule is Cc1nc(C)c(-c2nc(Nc3ccc(N4CCNCC4)cc3)ncc2Cl)s1. The summed E-state index contributed by atoms with van der Waals surface area (Å²) in [6, 6.07) is 8.36. The largest absolute Gasteiger partial charge is 0.369 e. The topological polar surface area (TPSA) is 66.0 Å². The maximum absolute atomic E-state index is 6.34. The number of halogens is 1. The number of rotatable bonds is 4. The van der Waals surface area contributed by atoms with Crippen molar-refractivity contribution in [3.63, 3.8) is 0 Å². The molecule has 1 aliphatic rings. The van der Waals surface area contributed by atoms with E-state index in [2.05, 4.69) is 54.8 Å². The number of nitrogens with zero attached hydrogens (tertiary/aromatic N) is 4. The summed E-state index contributed by atoms with van der Waals surface area (Å²) in [5, 5.41) is 8.17. The Bertz CT molecular complexity index is 934. The minimum Gasteiger partial charge on any atom is -0.369 e. The normalized spacial score (nSPS) is 14.4. The molecule has 2 aromatic heterocycles. The fraction of sp³-hybridized carbons (Fsp3) is 0.316. The van der Waals surface area contributed by atoms with Gasteiger partial charge in [-0.1, -0.05) is 11.6 Å². The highest BCUT2D eigenvalue weighted by Gasteiger charge is 2.15. The Balaban J connectivity index is 1.54. The Hall–Kier alpha value is -2.22. The number of piperazine rings is 1. The lowest BCUT2D eigenvalue weighted by Crippen LogP contribution is -2.43. The van der Waals surface area contributed by atoms with Crippen molar-refractivity contribution in [2.75, 3.05) is 36.4 Å². The van der Waals surface area contributed by atoms with Gasteiger partial charge in [-0.3, -0.25) is 0 Å². The Morgan fingerprint density at radius 2 is 1.85 bits per heavy atom. The van der Waals surface area contributed by atoms with E-state index in [1.165, 1.54) is 5.69 Å². The summed E-state index contributed by atoms with van der Waals surface area (Å²) in [5.74, 6) is 0.523. The standard InChI is InChI=1S/C19H21ClN6S/c1-12-18(27-13(2)23-12)17-16(20)11-22-19(25-17)24-14-3-5-15(6-4-14)26-9-7-21-8-10-26/h3-6,11,21H,7-10H2,1-2H3,(H,22,24,25). The molecule has 1 saturated heterocycles. The predicted octanol–water partition coefficient (Wildman–Crippen LogP) is 4.02. The van der Waals surface area contributed by atoms with Crippen LogP contribution in [-0.4, -0.2) is 41.1 Å². The first-order chi connectivity index (χ1) is 13.1. The van der Waals surface area contributed by atoms with Gasteiger partial charge in [-0.05, 0) is 38.1 Å². The molecular weight excluding hydrogens is 380 g/mol. The fourth-order valence-corrected chi connectivity index (χ4v) is 4.31. The van der Waals surface area contributed by atoms with Crippen LogP contribution in [0.4, 0.5) is 17.3 Å². The Morgan fingerprint density at radius 1 is 1.11 bits per heavy atom. The van der Waals surface area contributed by atoms with E-state index < -0.39 is 0 Å². The Morgan fingerprint density at radius 3 is 2.52 bits per heavy atom. The van der Waals surface area contributed by atoms with Gasteiger partial charge in [0, 0.05) is 37.6 Å². The fourth-order valence-electron chi connectivity index (χ4n) is 3.15. The molecule has 1 aromatic carbocycles. The van der Waals surface area contributed by atoms with Crippen molar-refractivity contribution in [2.24, 2.45) is 0 Å². The van der Waals surface area contributed by atoms with Crippen molar-refractivity contribution in [2.45, 2.75) is 13.8 Å². The number of nitrogens with one attached hydrogen (secondary N) is 2. The molecule has 0 aliphatic carbocycles. The van der Waals surface area contributed by atoms with Crippen molar-refractivity contribution in [1.82, 2.24) is 20.3 Å². The predicted molar refractivity (Wildman–Crippen MR) is 112 cm³/mol. The third-order valence-corrected chi connectivity index (χ3v) is 5.82. The second kappa shape index (κ2) is 7.80. The van der Waals surface area contributed by atoms with Crippen molar-refractivity contribution in [3.05, 3.63) is 46.2 Å². The molecule has 1 aliphatic heterocycles. The minimum absolute atomic E-state index is 0.523. The van der Waals surface area contributed by atoms with Gasteiger partial charge in [-0.2, -0.15) is 0 Å². The summed E-state index contributed by atoms with van der Waals surface area (Å²) >= 11 is 7.93. The van der Waals surface area contributed by atoms with E-state index in [1.807, 2.05) is 13.8 Å². The summed E-state index contributed by atoms with van der Waals surface area (Å²) in [6.45, 7) is 8.07. The average molecular weight is 401 g/mol. The van der Waals surface area contributed by atoms with E-state index in [9.17, 15) is 0 Å². The molecule has 3 aromatic rings. The van der Waals surface area contributed by atoms with Crippen LogP contribution in [-0.2, 0) is 0 Å². The maximum Gasteiger partial charge on any atom is 0.227 e.